The third-order valence-corrected chi connectivity index (χ3v) is 9.97. The van der Waals surface area contributed by atoms with Gasteiger partial charge in [-0.1, -0.05) is 43.3 Å². The van der Waals surface area contributed by atoms with E-state index in [9.17, 15) is 19.2 Å². The van der Waals surface area contributed by atoms with Gasteiger partial charge in [-0.15, -0.1) is 0 Å². The molecular formula is C39H35N7O7. The van der Waals surface area contributed by atoms with Gasteiger partial charge in [0.2, 0.25) is 29.4 Å². The van der Waals surface area contributed by atoms with Gasteiger partial charge in [0.05, 0.1) is 23.5 Å². The molecule has 2 aromatic heterocycles. The summed E-state index contributed by atoms with van der Waals surface area (Å²) in [7, 11) is 0. The number of nitrogens with zero attached hydrogens (tertiary/aromatic N) is 5. The molecule has 1 saturated carbocycles. The van der Waals surface area contributed by atoms with E-state index < -0.39 is 29.7 Å². The fourth-order valence-electron chi connectivity index (χ4n) is 6.83. The van der Waals surface area contributed by atoms with Gasteiger partial charge in [-0.05, 0) is 60.0 Å². The second kappa shape index (κ2) is 13.3. The minimum absolute atomic E-state index is 0.0311. The molecule has 5 aromatic rings. The number of rotatable bonds is 10. The summed E-state index contributed by atoms with van der Waals surface area (Å²) in [5.41, 5.74) is 3.66. The van der Waals surface area contributed by atoms with E-state index in [1.807, 2.05) is 36.4 Å². The van der Waals surface area contributed by atoms with Crippen LogP contribution in [0.5, 0.6) is 17.4 Å². The van der Waals surface area contributed by atoms with Crippen molar-refractivity contribution >= 4 is 29.3 Å². The first-order chi connectivity index (χ1) is 25.5. The molecule has 1 unspecified atom stereocenters. The molecule has 1 saturated heterocycles. The Morgan fingerprint density at radius 1 is 0.868 bits per heavy atom. The molecule has 3 aromatic carbocycles. The maximum absolute atomic E-state index is 13.2. The highest BCUT2D eigenvalue weighted by atomic mass is 16.5. The molecule has 14 nitrogen and oxygen atoms in total. The van der Waals surface area contributed by atoms with Crippen LogP contribution in [-0.4, -0.2) is 66.8 Å². The predicted molar refractivity (Wildman–Crippen MR) is 189 cm³/mol. The lowest BCUT2D eigenvalue weighted by Gasteiger charge is -2.36. The minimum Gasteiger partial charge on any atom is -0.490 e. The lowest BCUT2D eigenvalue weighted by molar-refractivity contribution is -0.136. The Morgan fingerprint density at radius 3 is 2.21 bits per heavy atom. The molecule has 4 amide bonds. The first-order valence-electron chi connectivity index (χ1n) is 17.3. The zero-order valence-corrected chi connectivity index (χ0v) is 29.2. The lowest BCUT2D eigenvalue weighted by Crippen LogP contribution is -2.54. The molecular weight excluding hydrogens is 678 g/mol. The average molecular weight is 714 g/mol. The van der Waals surface area contributed by atoms with Crippen molar-refractivity contribution in [2.45, 2.75) is 70.1 Å². The van der Waals surface area contributed by atoms with Crippen LogP contribution in [0.4, 0.5) is 5.69 Å². The maximum Gasteiger partial charge on any atom is 0.262 e. The number of benzene rings is 3. The van der Waals surface area contributed by atoms with Gasteiger partial charge in [0.15, 0.2) is 0 Å². The van der Waals surface area contributed by atoms with E-state index in [0.29, 0.717) is 34.7 Å². The molecule has 14 heteroatoms. The van der Waals surface area contributed by atoms with E-state index in [4.69, 9.17) is 14.0 Å². The monoisotopic (exact) mass is 713 g/mol. The van der Waals surface area contributed by atoms with Gasteiger partial charge in [-0.3, -0.25) is 29.4 Å². The average Bonchev–Trinajstić information content (AvgIpc) is 3.68. The quantitative estimate of drug-likeness (QED) is 0.177. The summed E-state index contributed by atoms with van der Waals surface area (Å²) in [5.74, 6) is 0.513. The van der Waals surface area contributed by atoms with Gasteiger partial charge in [-0.2, -0.15) is 4.98 Å². The highest BCUT2D eigenvalue weighted by molar-refractivity contribution is 6.23. The number of aryl methyl sites for hydroxylation is 1. The molecule has 0 bridgehead atoms. The van der Waals surface area contributed by atoms with Gasteiger partial charge in [0.1, 0.15) is 29.3 Å². The zero-order chi connectivity index (χ0) is 36.9. The van der Waals surface area contributed by atoms with Gasteiger partial charge < -0.3 is 19.3 Å². The molecule has 53 heavy (non-hydrogen) atoms. The normalized spacial score (nSPS) is 19.8. The van der Waals surface area contributed by atoms with E-state index in [1.54, 1.807) is 25.1 Å². The molecule has 1 aliphatic carbocycles. The van der Waals surface area contributed by atoms with Crippen molar-refractivity contribution < 1.29 is 33.2 Å². The largest absolute Gasteiger partial charge is 0.490 e. The Hall–Kier alpha value is -6.44. The Labute approximate surface area is 303 Å². The topological polar surface area (TPSA) is 179 Å². The number of ether oxygens (including phenoxy) is 2. The fraction of sp³-hybridized carbons (Fsp3) is 0.282. The number of aromatic nitrogens is 4. The van der Waals surface area contributed by atoms with Crippen LogP contribution in [0.25, 0.3) is 11.5 Å². The molecule has 0 radical (unpaired) electrons. The lowest BCUT2D eigenvalue weighted by atomic mass is 9.78. The molecule has 0 spiro atoms. The van der Waals surface area contributed by atoms with Crippen LogP contribution in [0.3, 0.4) is 0 Å². The number of imide groups is 2. The maximum atomic E-state index is 13.2. The van der Waals surface area contributed by atoms with Crippen LogP contribution in [0.1, 0.15) is 77.3 Å². The van der Waals surface area contributed by atoms with Gasteiger partial charge in [-0.25, -0.2) is 9.97 Å². The number of hydrogen-bond acceptors (Lipinski definition) is 12. The number of amides is 4. The highest BCUT2D eigenvalue weighted by Gasteiger charge is 2.45. The van der Waals surface area contributed by atoms with Crippen LogP contribution < -0.4 is 20.1 Å². The van der Waals surface area contributed by atoms with Crippen molar-refractivity contribution in [2.24, 2.45) is 0 Å². The van der Waals surface area contributed by atoms with E-state index in [2.05, 4.69) is 56.7 Å². The molecule has 2 fully saturated rings. The summed E-state index contributed by atoms with van der Waals surface area (Å²) in [5, 5.41) is 9.50. The minimum atomic E-state index is -0.991. The summed E-state index contributed by atoms with van der Waals surface area (Å²) >= 11 is 0. The van der Waals surface area contributed by atoms with Crippen molar-refractivity contribution in [1.82, 2.24) is 30.3 Å². The SMILES string of the molecule is Cc1nc(-c2cnc(Oc3ccc(C(C)(C)c4ccc(OC5CC(Nc6ccc7c(c6)C(=O)N(C6CCC(=O)NC6=O)C7=O)C5)cc4)cc3)cn2)no1. The van der Waals surface area contributed by atoms with Crippen LogP contribution in [0.15, 0.2) is 83.6 Å². The third-order valence-electron chi connectivity index (χ3n) is 9.97. The standard InChI is InChI=1S/C39H35N7O7/c1-21-42-35(45-53-21)31-19-41-34(20-40-31)52-27-11-6-23(7-12-27)39(2,3)22-4-9-26(10-5-22)51-28-16-25(17-28)43-24-8-13-29-30(18-24)38(50)46(37(29)49)32-14-15-33(47)44-36(32)48/h4-13,18-20,25,28,32,43H,14-17H2,1-3H3,(H,44,47,48). The highest BCUT2D eigenvalue weighted by Crippen LogP contribution is 2.36. The summed E-state index contributed by atoms with van der Waals surface area (Å²) in [6, 6.07) is 20.2. The zero-order valence-electron chi connectivity index (χ0n) is 29.2. The molecule has 2 aliphatic heterocycles. The first-order valence-corrected chi connectivity index (χ1v) is 17.3. The van der Waals surface area contributed by atoms with E-state index >= 15 is 0 Å². The molecule has 268 valence electrons. The molecule has 3 aliphatic rings. The molecule has 2 N–H and O–H groups in total. The predicted octanol–water partition coefficient (Wildman–Crippen LogP) is 5.38. The summed E-state index contributed by atoms with van der Waals surface area (Å²) < 4.78 is 17.2. The molecule has 4 heterocycles. The Kier molecular flexibility index (Phi) is 8.44. The van der Waals surface area contributed by atoms with Gasteiger partial charge >= 0.3 is 0 Å². The van der Waals surface area contributed by atoms with Crippen LogP contribution >= 0.6 is 0 Å². The number of nitrogens with one attached hydrogen (secondary N) is 2. The van der Waals surface area contributed by atoms with Crippen molar-refractivity contribution in [2.75, 3.05) is 5.32 Å². The number of carbonyl (C=O) groups is 4. The Bertz CT molecular complexity index is 2230. The fourth-order valence-corrected chi connectivity index (χ4v) is 6.83. The first kappa shape index (κ1) is 33.7. The van der Waals surface area contributed by atoms with E-state index in [-0.39, 0.29) is 41.5 Å². The smallest absolute Gasteiger partial charge is 0.262 e. The number of carbonyl (C=O) groups excluding carboxylic acids is 4. The van der Waals surface area contributed by atoms with Gasteiger partial charge in [0.25, 0.3) is 11.8 Å². The molecule has 1 atom stereocenters. The van der Waals surface area contributed by atoms with Crippen LogP contribution in [0, 0.1) is 6.92 Å². The van der Waals surface area contributed by atoms with Crippen molar-refractivity contribution in [3.8, 4) is 28.9 Å². The summed E-state index contributed by atoms with van der Waals surface area (Å²) in [6.07, 6.45) is 4.82. The second-order valence-electron chi connectivity index (χ2n) is 13.9. The van der Waals surface area contributed by atoms with E-state index in [0.717, 1.165) is 34.6 Å². The second-order valence-corrected chi connectivity index (χ2v) is 13.9. The van der Waals surface area contributed by atoms with Crippen LogP contribution in [-0.2, 0) is 15.0 Å². The van der Waals surface area contributed by atoms with E-state index in [1.165, 1.54) is 12.4 Å². The summed E-state index contributed by atoms with van der Waals surface area (Å²) in [4.78, 5) is 63.8. The van der Waals surface area contributed by atoms with Gasteiger partial charge in [0, 0.05) is 43.3 Å². The number of piperidine rings is 1. The molecule has 8 rings (SSSR count). The van der Waals surface area contributed by atoms with Crippen molar-refractivity contribution in [3.05, 3.63) is 107 Å². The summed E-state index contributed by atoms with van der Waals surface area (Å²) in [6.45, 7) is 6.04. The number of fused-ring (bicyclic) bond motifs is 1. The Morgan fingerprint density at radius 2 is 1.57 bits per heavy atom. The number of anilines is 1. The Balaban J connectivity index is 0.829. The number of hydrogen-bond donors (Lipinski definition) is 2. The van der Waals surface area contributed by atoms with Crippen molar-refractivity contribution in [3.63, 3.8) is 0 Å². The van der Waals surface area contributed by atoms with Crippen molar-refractivity contribution in [1.29, 1.82) is 0 Å². The third kappa shape index (κ3) is 6.59. The van der Waals surface area contributed by atoms with Crippen LogP contribution in [0.2, 0.25) is 0 Å².